The zero-order valence-electron chi connectivity index (χ0n) is 20.5. The molecule has 0 fully saturated rings. The van der Waals surface area contributed by atoms with Crippen LogP contribution in [-0.4, -0.2) is 23.6 Å². The zero-order valence-corrected chi connectivity index (χ0v) is 22.0. The Morgan fingerprint density at radius 1 is 0.943 bits per heavy atom. The molecule has 0 saturated carbocycles. The van der Waals surface area contributed by atoms with Gasteiger partial charge in [0.15, 0.2) is 0 Å². The van der Waals surface area contributed by atoms with Crippen molar-refractivity contribution in [2.45, 2.75) is 34.6 Å². The van der Waals surface area contributed by atoms with E-state index in [2.05, 4.69) is 0 Å². The number of aromatic nitrogens is 1. The summed E-state index contributed by atoms with van der Waals surface area (Å²) in [5.41, 5.74) is 7.23. The summed E-state index contributed by atoms with van der Waals surface area (Å²) < 4.78 is 7.06. The largest absolute Gasteiger partial charge is 0.465 e. The third-order valence-electron chi connectivity index (χ3n) is 6.17. The van der Waals surface area contributed by atoms with E-state index in [9.17, 15) is 9.59 Å². The molecule has 7 heteroatoms. The van der Waals surface area contributed by atoms with E-state index < -0.39 is 5.97 Å². The second-order valence-corrected chi connectivity index (χ2v) is 9.60. The van der Waals surface area contributed by atoms with Crippen molar-refractivity contribution in [2.24, 2.45) is 0 Å². The molecule has 0 bridgehead atoms. The lowest BCUT2D eigenvalue weighted by Crippen LogP contribution is -2.24. The van der Waals surface area contributed by atoms with Gasteiger partial charge in [0.2, 0.25) is 0 Å². The van der Waals surface area contributed by atoms with Crippen LogP contribution < -0.4 is 4.90 Å². The molecule has 3 aromatic rings. The first kappa shape index (κ1) is 24.8. The molecule has 0 N–H and O–H groups in total. The molecule has 1 aliphatic rings. The molecular formula is C28H26Cl2N2O3. The number of halogens is 2. The SMILES string of the molecule is COC(=O)C1=C(C)N(c2cc(C)cc(C)c2)C(=O)/C1=C\c1cc(C)n(-c2ccc(Cl)cc2Cl)c1C. The van der Waals surface area contributed by atoms with Crippen molar-refractivity contribution in [3.05, 3.63) is 97.4 Å². The van der Waals surface area contributed by atoms with Crippen LogP contribution in [-0.2, 0) is 14.3 Å². The summed E-state index contributed by atoms with van der Waals surface area (Å²) in [5, 5.41) is 1.07. The van der Waals surface area contributed by atoms with Gasteiger partial charge in [0.1, 0.15) is 0 Å². The Kier molecular flexibility index (Phi) is 6.67. The number of aryl methyl sites for hydroxylation is 3. The van der Waals surface area contributed by atoms with Crippen LogP contribution in [0, 0.1) is 27.7 Å². The fourth-order valence-corrected chi connectivity index (χ4v) is 5.19. The molecule has 1 aromatic heterocycles. The van der Waals surface area contributed by atoms with Gasteiger partial charge in [0.05, 0.1) is 29.0 Å². The molecule has 0 aliphatic carbocycles. The highest BCUT2D eigenvalue weighted by atomic mass is 35.5. The third kappa shape index (κ3) is 4.42. The summed E-state index contributed by atoms with van der Waals surface area (Å²) >= 11 is 12.6. The lowest BCUT2D eigenvalue weighted by atomic mass is 10.0. The molecule has 1 amide bonds. The van der Waals surface area contributed by atoms with E-state index in [0.29, 0.717) is 21.4 Å². The zero-order chi connectivity index (χ0) is 25.6. The van der Waals surface area contributed by atoms with Crippen molar-refractivity contribution in [3.63, 3.8) is 0 Å². The van der Waals surface area contributed by atoms with Crippen molar-refractivity contribution in [3.8, 4) is 5.69 Å². The van der Waals surface area contributed by atoms with Gasteiger partial charge in [0, 0.05) is 27.8 Å². The van der Waals surface area contributed by atoms with E-state index in [4.69, 9.17) is 27.9 Å². The Hall–Kier alpha value is -3.28. The summed E-state index contributed by atoms with van der Waals surface area (Å²) in [6.07, 6.45) is 1.75. The minimum Gasteiger partial charge on any atom is -0.465 e. The second-order valence-electron chi connectivity index (χ2n) is 8.75. The van der Waals surface area contributed by atoms with Crippen LogP contribution >= 0.6 is 23.2 Å². The maximum atomic E-state index is 13.7. The first-order valence-electron chi connectivity index (χ1n) is 11.1. The maximum Gasteiger partial charge on any atom is 0.340 e. The van der Waals surface area contributed by atoms with Crippen molar-refractivity contribution < 1.29 is 14.3 Å². The molecule has 0 spiro atoms. The average Bonchev–Trinajstić information content (AvgIpc) is 3.19. The van der Waals surface area contributed by atoms with Crippen molar-refractivity contribution in [2.75, 3.05) is 12.0 Å². The predicted octanol–water partition coefficient (Wildman–Crippen LogP) is 6.89. The van der Waals surface area contributed by atoms with Gasteiger partial charge in [0.25, 0.3) is 5.91 Å². The van der Waals surface area contributed by atoms with Crippen molar-refractivity contribution in [1.29, 1.82) is 0 Å². The number of allylic oxidation sites excluding steroid dienone is 1. The molecule has 0 radical (unpaired) electrons. The van der Waals surface area contributed by atoms with Crippen LogP contribution in [0.2, 0.25) is 10.0 Å². The van der Waals surface area contributed by atoms with E-state index in [1.165, 1.54) is 7.11 Å². The maximum absolute atomic E-state index is 13.7. The van der Waals surface area contributed by atoms with Gasteiger partial charge in [-0.15, -0.1) is 0 Å². The molecule has 4 rings (SSSR count). The van der Waals surface area contributed by atoms with E-state index in [1.54, 1.807) is 30.0 Å². The number of hydrogen-bond acceptors (Lipinski definition) is 3. The van der Waals surface area contributed by atoms with Crippen LogP contribution in [0.25, 0.3) is 11.8 Å². The molecular weight excluding hydrogens is 483 g/mol. The number of rotatable bonds is 4. The number of hydrogen-bond donors (Lipinski definition) is 0. The number of amides is 1. The highest BCUT2D eigenvalue weighted by molar-refractivity contribution is 6.35. The summed E-state index contributed by atoms with van der Waals surface area (Å²) in [6, 6.07) is 13.2. The number of anilines is 1. The van der Waals surface area contributed by atoms with Crippen molar-refractivity contribution in [1.82, 2.24) is 4.57 Å². The standard InChI is InChI=1S/C28H26Cl2N2O3/c1-15-9-16(2)11-22(10-15)32-19(5)26(28(34)35-6)23(27(32)33)13-20-12-17(3)31(18(20)4)25-8-7-21(29)14-24(25)30/h7-14H,1-6H3/b23-13-. The fourth-order valence-electron chi connectivity index (χ4n) is 4.69. The summed E-state index contributed by atoms with van der Waals surface area (Å²) in [4.78, 5) is 28.1. The molecule has 1 aliphatic heterocycles. The minimum atomic E-state index is -0.552. The van der Waals surface area contributed by atoms with E-state index in [0.717, 1.165) is 33.8 Å². The topological polar surface area (TPSA) is 51.5 Å². The summed E-state index contributed by atoms with van der Waals surface area (Å²) in [5.74, 6) is -0.828. The Morgan fingerprint density at radius 3 is 2.20 bits per heavy atom. The normalized spacial score (nSPS) is 14.9. The number of ether oxygens (including phenoxy) is 1. The first-order valence-corrected chi connectivity index (χ1v) is 11.9. The summed E-state index contributed by atoms with van der Waals surface area (Å²) in [7, 11) is 1.32. The lowest BCUT2D eigenvalue weighted by molar-refractivity contribution is -0.136. The molecule has 180 valence electrons. The Balaban J connectivity index is 1.87. The molecule has 35 heavy (non-hydrogen) atoms. The Labute approximate surface area is 215 Å². The number of nitrogens with zero attached hydrogens (tertiary/aromatic N) is 2. The monoisotopic (exact) mass is 508 g/mol. The Bertz CT molecular complexity index is 1430. The quantitative estimate of drug-likeness (QED) is 0.284. The number of benzene rings is 2. The van der Waals surface area contributed by atoms with Crippen LogP contribution in [0.5, 0.6) is 0 Å². The van der Waals surface area contributed by atoms with E-state index >= 15 is 0 Å². The first-order chi connectivity index (χ1) is 16.5. The van der Waals surface area contributed by atoms with Gasteiger partial charge in [-0.2, -0.15) is 0 Å². The predicted molar refractivity (Wildman–Crippen MR) is 141 cm³/mol. The van der Waals surface area contributed by atoms with E-state index in [1.807, 2.05) is 62.6 Å². The molecule has 0 atom stereocenters. The number of esters is 1. The van der Waals surface area contributed by atoms with Gasteiger partial charge in [-0.05, 0) is 93.8 Å². The molecule has 0 saturated heterocycles. The molecule has 2 heterocycles. The molecule has 2 aromatic carbocycles. The van der Waals surface area contributed by atoms with Crippen LogP contribution in [0.1, 0.15) is 35.0 Å². The number of carbonyl (C=O) groups is 2. The van der Waals surface area contributed by atoms with Gasteiger partial charge >= 0.3 is 5.97 Å². The fraction of sp³-hybridized carbons (Fsp3) is 0.214. The van der Waals surface area contributed by atoms with Gasteiger partial charge in [-0.25, -0.2) is 4.79 Å². The second kappa shape index (κ2) is 9.40. The highest BCUT2D eigenvalue weighted by Crippen LogP contribution is 2.37. The van der Waals surface area contributed by atoms with E-state index in [-0.39, 0.29) is 17.1 Å². The Morgan fingerprint density at radius 2 is 1.60 bits per heavy atom. The van der Waals surface area contributed by atoms with Gasteiger partial charge in [-0.1, -0.05) is 29.3 Å². The third-order valence-corrected chi connectivity index (χ3v) is 6.71. The minimum absolute atomic E-state index is 0.256. The molecule has 5 nitrogen and oxygen atoms in total. The van der Waals surface area contributed by atoms with Crippen LogP contribution in [0.4, 0.5) is 5.69 Å². The average molecular weight is 509 g/mol. The van der Waals surface area contributed by atoms with Crippen LogP contribution in [0.15, 0.2) is 59.3 Å². The number of methoxy groups -OCH3 is 1. The smallest absolute Gasteiger partial charge is 0.340 e. The highest BCUT2D eigenvalue weighted by Gasteiger charge is 2.38. The van der Waals surface area contributed by atoms with Gasteiger partial charge in [-0.3, -0.25) is 9.69 Å². The van der Waals surface area contributed by atoms with Crippen molar-refractivity contribution >= 4 is 46.8 Å². The summed E-state index contributed by atoms with van der Waals surface area (Å²) in [6.45, 7) is 9.62. The van der Waals surface area contributed by atoms with Crippen LogP contribution in [0.3, 0.4) is 0 Å². The van der Waals surface area contributed by atoms with Gasteiger partial charge < -0.3 is 9.30 Å². The lowest BCUT2D eigenvalue weighted by Gasteiger charge is -2.19. The molecule has 0 unspecified atom stereocenters. The number of carbonyl (C=O) groups excluding carboxylic acids is 2.